The van der Waals surface area contributed by atoms with Gasteiger partial charge in [-0.25, -0.2) is 9.78 Å². The number of carbonyl (C=O) groups is 1. The van der Waals surface area contributed by atoms with Crippen LogP contribution >= 0.6 is 0 Å². The Morgan fingerprint density at radius 2 is 2.13 bits per heavy atom. The summed E-state index contributed by atoms with van der Waals surface area (Å²) in [5, 5.41) is 19.0. The highest BCUT2D eigenvalue weighted by molar-refractivity contribution is 5.85. The number of hydrogen-bond donors (Lipinski definition) is 2. The van der Waals surface area contributed by atoms with E-state index in [4.69, 9.17) is 9.84 Å². The van der Waals surface area contributed by atoms with E-state index in [1.807, 2.05) is 6.07 Å². The third-order valence-corrected chi connectivity index (χ3v) is 4.52. The van der Waals surface area contributed by atoms with E-state index in [1.54, 1.807) is 6.07 Å². The number of aromatic nitrogens is 1. The molecule has 2 atom stereocenters. The standard InChI is InChI=1S/C16H23N3O4/c20-15-11-23-10-14(15)19-6-2-5-18(7-8-19)9-12-3-1-4-13(17-12)16(21)22/h1,3-4,14-15,20H,2,5-11H2,(H,21,22)/t14-,15-/m1/s1. The van der Waals surface area contributed by atoms with E-state index < -0.39 is 12.1 Å². The molecule has 2 N–H and O–H groups in total. The summed E-state index contributed by atoms with van der Waals surface area (Å²) in [7, 11) is 0. The molecule has 126 valence electrons. The Hall–Kier alpha value is -1.54. The van der Waals surface area contributed by atoms with Crippen molar-refractivity contribution in [2.24, 2.45) is 0 Å². The minimum Gasteiger partial charge on any atom is -0.477 e. The minimum absolute atomic E-state index is 0.0881. The number of carboxylic acids is 1. The molecule has 0 unspecified atom stereocenters. The van der Waals surface area contributed by atoms with Gasteiger partial charge in [-0.05, 0) is 31.6 Å². The molecule has 2 saturated heterocycles. The van der Waals surface area contributed by atoms with Gasteiger partial charge >= 0.3 is 5.97 Å². The summed E-state index contributed by atoms with van der Waals surface area (Å²) >= 11 is 0. The third-order valence-electron chi connectivity index (χ3n) is 4.52. The first kappa shape index (κ1) is 16.3. The topological polar surface area (TPSA) is 86.1 Å². The van der Waals surface area contributed by atoms with Crippen molar-refractivity contribution in [2.45, 2.75) is 25.1 Å². The monoisotopic (exact) mass is 321 g/mol. The zero-order valence-electron chi connectivity index (χ0n) is 13.1. The van der Waals surface area contributed by atoms with Crippen LogP contribution in [0.5, 0.6) is 0 Å². The maximum atomic E-state index is 11.0. The molecule has 0 amide bonds. The Morgan fingerprint density at radius 1 is 1.26 bits per heavy atom. The molecule has 0 aliphatic carbocycles. The van der Waals surface area contributed by atoms with Gasteiger partial charge < -0.3 is 14.9 Å². The second-order valence-corrected chi connectivity index (χ2v) is 6.16. The van der Waals surface area contributed by atoms with Crippen LogP contribution in [0.25, 0.3) is 0 Å². The quantitative estimate of drug-likeness (QED) is 0.810. The van der Waals surface area contributed by atoms with E-state index in [9.17, 15) is 9.90 Å². The first-order valence-corrected chi connectivity index (χ1v) is 8.05. The van der Waals surface area contributed by atoms with Crippen LogP contribution in [0.1, 0.15) is 22.6 Å². The SMILES string of the molecule is O=C(O)c1cccc(CN2CCCN([C@@H]3COC[C@H]3O)CC2)n1. The molecule has 1 aromatic rings. The van der Waals surface area contributed by atoms with Gasteiger partial charge in [0.1, 0.15) is 5.69 Å². The van der Waals surface area contributed by atoms with Crippen LogP contribution in [-0.4, -0.2) is 82.5 Å². The predicted octanol–water partition coefficient (Wildman–Crippen LogP) is 0.0472. The third kappa shape index (κ3) is 4.06. The summed E-state index contributed by atoms with van der Waals surface area (Å²) in [6, 6.07) is 5.21. The highest BCUT2D eigenvalue weighted by Crippen LogP contribution is 2.16. The van der Waals surface area contributed by atoms with Crippen LogP contribution in [-0.2, 0) is 11.3 Å². The number of ether oxygens (including phenoxy) is 1. The first-order chi connectivity index (χ1) is 11.1. The number of hydrogen-bond acceptors (Lipinski definition) is 6. The van der Waals surface area contributed by atoms with Gasteiger partial charge in [0, 0.05) is 19.6 Å². The fourth-order valence-corrected chi connectivity index (χ4v) is 3.28. The Labute approximate surface area is 135 Å². The van der Waals surface area contributed by atoms with E-state index in [-0.39, 0.29) is 11.7 Å². The van der Waals surface area contributed by atoms with Crippen LogP contribution in [0.4, 0.5) is 0 Å². The van der Waals surface area contributed by atoms with Gasteiger partial charge in [-0.1, -0.05) is 6.07 Å². The molecule has 3 heterocycles. The summed E-state index contributed by atoms with van der Waals surface area (Å²) in [6.07, 6.45) is 0.623. The molecule has 2 aliphatic heterocycles. The molecular weight excluding hydrogens is 298 g/mol. The molecule has 0 bridgehead atoms. The molecule has 7 nitrogen and oxygen atoms in total. The van der Waals surface area contributed by atoms with Gasteiger partial charge in [0.2, 0.25) is 0 Å². The highest BCUT2D eigenvalue weighted by atomic mass is 16.5. The molecule has 0 radical (unpaired) electrons. The average molecular weight is 321 g/mol. The van der Waals surface area contributed by atoms with E-state index >= 15 is 0 Å². The highest BCUT2D eigenvalue weighted by Gasteiger charge is 2.32. The van der Waals surface area contributed by atoms with E-state index in [0.717, 1.165) is 38.3 Å². The number of rotatable bonds is 4. The fourth-order valence-electron chi connectivity index (χ4n) is 3.28. The molecule has 1 aromatic heterocycles. The van der Waals surface area contributed by atoms with Gasteiger partial charge in [0.05, 0.1) is 31.1 Å². The normalized spacial score (nSPS) is 27.0. The zero-order valence-corrected chi connectivity index (χ0v) is 13.1. The molecule has 7 heteroatoms. The molecule has 0 spiro atoms. The van der Waals surface area contributed by atoms with Crippen LogP contribution in [0.15, 0.2) is 18.2 Å². The molecule has 0 saturated carbocycles. The number of aliphatic hydroxyl groups excluding tert-OH is 1. The lowest BCUT2D eigenvalue weighted by Gasteiger charge is -2.28. The largest absolute Gasteiger partial charge is 0.477 e. The van der Waals surface area contributed by atoms with E-state index in [2.05, 4.69) is 14.8 Å². The van der Waals surface area contributed by atoms with Crippen molar-refractivity contribution in [1.29, 1.82) is 0 Å². The number of carboxylic acid groups (broad SMARTS) is 1. The van der Waals surface area contributed by atoms with Gasteiger partial charge in [-0.2, -0.15) is 0 Å². The molecule has 0 aromatic carbocycles. The lowest BCUT2D eigenvalue weighted by Crippen LogP contribution is -2.44. The van der Waals surface area contributed by atoms with Crippen molar-refractivity contribution in [2.75, 3.05) is 39.4 Å². The van der Waals surface area contributed by atoms with Crippen molar-refractivity contribution in [3.8, 4) is 0 Å². The van der Waals surface area contributed by atoms with Crippen LogP contribution in [0.2, 0.25) is 0 Å². The Balaban J connectivity index is 1.58. The van der Waals surface area contributed by atoms with Crippen molar-refractivity contribution in [3.63, 3.8) is 0 Å². The molecule has 3 rings (SSSR count). The Kier molecular flexibility index (Phi) is 5.22. The Morgan fingerprint density at radius 3 is 2.87 bits per heavy atom. The first-order valence-electron chi connectivity index (χ1n) is 8.05. The smallest absolute Gasteiger partial charge is 0.354 e. The lowest BCUT2D eigenvalue weighted by molar-refractivity contribution is 0.0690. The summed E-state index contributed by atoms with van der Waals surface area (Å²) in [5.41, 5.74) is 0.868. The van der Waals surface area contributed by atoms with Crippen LogP contribution in [0.3, 0.4) is 0 Å². The van der Waals surface area contributed by atoms with Crippen molar-refractivity contribution in [1.82, 2.24) is 14.8 Å². The molecule has 2 aliphatic rings. The summed E-state index contributed by atoms with van der Waals surface area (Å²) < 4.78 is 5.35. The summed E-state index contributed by atoms with van der Waals surface area (Å²) in [4.78, 5) is 19.8. The zero-order chi connectivity index (χ0) is 16.2. The number of aliphatic hydroxyl groups is 1. The maximum Gasteiger partial charge on any atom is 0.354 e. The number of aromatic carboxylic acids is 1. The van der Waals surface area contributed by atoms with Crippen LogP contribution < -0.4 is 0 Å². The van der Waals surface area contributed by atoms with Gasteiger partial charge in [0.25, 0.3) is 0 Å². The lowest BCUT2D eigenvalue weighted by atomic mass is 10.2. The number of pyridine rings is 1. The van der Waals surface area contributed by atoms with Crippen molar-refractivity contribution in [3.05, 3.63) is 29.6 Å². The molecule has 23 heavy (non-hydrogen) atoms. The van der Waals surface area contributed by atoms with Gasteiger partial charge in [-0.15, -0.1) is 0 Å². The molecular formula is C16H23N3O4. The summed E-state index contributed by atoms with van der Waals surface area (Å²) in [6.45, 7) is 5.33. The van der Waals surface area contributed by atoms with Gasteiger partial charge in [-0.3, -0.25) is 9.80 Å². The average Bonchev–Trinajstić information content (AvgIpc) is 2.83. The van der Waals surface area contributed by atoms with E-state index in [0.29, 0.717) is 19.8 Å². The van der Waals surface area contributed by atoms with Gasteiger partial charge in [0.15, 0.2) is 0 Å². The van der Waals surface area contributed by atoms with Crippen molar-refractivity contribution >= 4 is 5.97 Å². The molecule has 2 fully saturated rings. The Bertz CT molecular complexity index is 554. The maximum absolute atomic E-state index is 11.0. The van der Waals surface area contributed by atoms with Crippen LogP contribution in [0, 0.1) is 0 Å². The minimum atomic E-state index is -0.996. The second-order valence-electron chi connectivity index (χ2n) is 6.16. The fraction of sp³-hybridized carbons (Fsp3) is 0.625. The van der Waals surface area contributed by atoms with Crippen molar-refractivity contribution < 1.29 is 19.7 Å². The van der Waals surface area contributed by atoms with E-state index in [1.165, 1.54) is 6.07 Å². The predicted molar refractivity (Wildman–Crippen MR) is 83.3 cm³/mol. The second kappa shape index (κ2) is 7.35. The number of nitrogens with zero attached hydrogens (tertiary/aromatic N) is 3. The summed E-state index contributed by atoms with van der Waals surface area (Å²) in [5.74, 6) is -0.996.